The van der Waals surface area contributed by atoms with E-state index in [-0.39, 0.29) is 16.8 Å². The summed E-state index contributed by atoms with van der Waals surface area (Å²) >= 11 is 0. The molecule has 0 atom stereocenters. The van der Waals surface area contributed by atoms with Crippen LogP contribution in [0.1, 0.15) is 29.8 Å². The number of carbonyl (C=O) groups excluding carboxylic acids is 1. The highest BCUT2D eigenvalue weighted by Gasteiger charge is 2.13. The molecule has 5 nitrogen and oxygen atoms in total. The molecule has 0 bridgehead atoms. The lowest BCUT2D eigenvalue weighted by atomic mass is 10.1. The molecule has 6 heteroatoms. The molecule has 0 radical (unpaired) electrons. The van der Waals surface area contributed by atoms with Gasteiger partial charge in [-0.05, 0) is 56.7 Å². The van der Waals surface area contributed by atoms with Gasteiger partial charge in [0.05, 0.1) is 4.90 Å². The highest BCUT2D eigenvalue weighted by atomic mass is 32.2. The lowest BCUT2D eigenvalue weighted by molar-refractivity contribution is 0.102. The maximum Gasteiger partial charge on any atom is 0.255 e. The van der Waals surface area contributed by atoms with E-state index in [0.29, 0.717) is 16.8 Å². The molecule has 128 valence electrons. The van der Waals surface area contributed by atoms with Gasteiger partial charge in [0.1, 0.15) is 0 Å². The second-order valence-electron chi connectivity index (χ2n) is 6.09. The number of carbonyl (C=O) groups is 1. The Kier molecular flexibility index (Phi) is 5.29. The molecular formula is C18H22N2O3S. The van der Waals surface area contributed by atoms with Gasteiger partial charge in [0, 0.05) is 29.2 Å². The van der Waals surface area contributed by atoms with Crippen LogP contribution in [0.15, 0.2) is 47.4 Å². The standard InChI is InChI=1S/C18H22N2O3S/c1-12(2)19-15-7-5-6-14(10-15)18(21)20-16-9-8-13(3)17(11-16)24(4,22)23/h5-12,19H,1-4H3,(H,20,21). The van der Waals surface area contributed by atoms with E-state index < -0.39 is 9.84 Å². The van der Waals surface area contributed by atoms with E-state index in [0.717, 1.165) is 11.9 Å². The minimum Gasteiger partial charge on any atom is -0.383 e. The SMILES string of the molecule is Cc1ccc(NC(=O)c2cccc(NC(C)C)c2)cc1S(C)(=O)=O. The Labute approximate surface area is 143 Å². The van der Waals surface area contributed by atoms with Crippen molar-refractivity contribution in [3.05, 3.63) is 53.6 Å². The fourth-order valence-electron chi connectivity index (χ4n) is 2.36. The first-order valence-electron chi connectivity index (χ1n) is 7.65. The highest BCUT2D eigenvalue weighted by Crippen LogP contribution is 2.21. The molecule has 0 fully saturated rings. The average Bonchev–Trinajstić information content (AvgIpc) is 2.47. The summed E-state index contributed by atoms with van der Waals surface area (Å²) in [7, 11) is -3.34. The summed E-state index contributed by atoms with van der Waals surface area (Å²) in [4.78, 5) is 12.6. The monoisotopic (exact) mass is 346 g/mol. The number of sulfone groups is 1. The molecule has 0 aliphatic carbocycles. The molecule has 0 saturated carbocycles. The topological polar surface area (TPSA) is 75.3 Å². The molecule has 0 aliphatic rings. The number of hydrogen-bond acceptors (Lipinski definition) is 4. The summed E-state index contributed by atoms with van der Waals surface area (Å²) in [5.41, 5.74) is 2.47. The summed E-state index contributed by atoms with van der Waals surface area (Å²) in [5.74, 6) is -0.286. The lowest BCUT2D eigenvalue weighted by Gasteiger charge is -2.12. The van der Waals surface area contributed by atoms with E-state index in [1.165, 1.54) is 6.07 Å². The molecule has 2 aromatic carbocycles. The summed E-state index contributed by atoms with van der Waals surface area (Å²) in [6.07, 6.45) is 1.15. The van der Waals surface area contributed by atoms with Crippen LogP contribution in [-0.2, 0) is 9.84 Å². The Morgan fingerprint density at radius 3 is 2.38 bits per heavy atom. The predicted octanol–water partition coefficient (Wildman–Crippen LogP) is 3.47. The fourth-order valence-corrected chi connectivity index (χ4v) is 3.36. The van der Waals surface area contributed by atoms with Crippen molar-refractivity contribution in [2.24, 2.45) is 0 Å². The van der Waals surface area contributed by atoms with Crippen LogP contribution >= 0.6 is 0 Å². The van der Waals surface area contributed by atoms with Gasteiger partial charge in [-0.1, -0.05) is 12.1 Å². The molecule has 2 rings (SSSR count). The quantitative estimate of drug-likeness (QED) is 0.869. The summed E-state index contributed by atoms with van der Waals surface area (Å²) in [6, 6.07) is 12.3. The van der Waals surface area contributed by atoms with Crippen molar-refractivity contribution in [2.75, 3.05) is 16.9 Å². The molecule has 0 aromatic heterocycles. The van der Waals surface area contributed by atoms with Crippen molar-refractivity contribution in [3.63, 3.8) is 0 Å². The van der Waals surface area contributed by atoms with Crippen LogP contribution < -0.4 is 10.6 Å². The third-order valence-corrected chi connectivity index (χ3v) is 4.66. The zero-order valence-electron chi connectivity index (χ0n) is 14.3. The van der Waals surface area contributed by atoms with Gasteiger partial charge < -0.3 is 10.6 Å². The van der Waals surface area contributed by atoms with Gasteiger partial charge in [-0.25, -0.2) is 8.42 Å². The molecule has 0 spiro atoms. The van der Waals surface area contributed by atoms with Gasteiger partial charge in [0.25, 0.3) is 5.91 Å². The predicted molar refractivity (Wildman–Crippen MR) is 97.4 cm³/mol. The minimum absolute atomic E-state index is 0.218. The van der Waals surface area contributed by atoms with Crippen LogP contribution in [0.5, 0.6) is 0 Å². The molecule has 24 heavy (non-hydrogen) atoms. The van der Waals surface area contributed by atoms with Gasteiger partial charge >= 0.3 is 0 Å². The Hall–Kier alpha value is -2.34. The molecule has 0 aliphatic heterocycles. The van der Waals surface area contributed by atoms with Crippen molar-refractivity contribution >= 4 is 27.1 Å². The van der Waals surface area contributed by atoms with Crippen molar-refractivity contribution in [2.45, 2.75) is 31.7 Å². The maximum atomic E-state index is 12.4. The number of aryl methyl sites for hydroxylation is 1. The first-order chi connectivity index (χ1) is 11.2. The summed E-state index contributed by atoms with van der Waals surface area (Å²) < 4.78 is 23.6. The zero-order valence-corrected chi connectivity index (χ0v) is 15.1. The number of hydrogen-bond donors (Lipinski definition) is 2. The maximum absolute atomic E-state index is 12.4. The summed E-state index contributed by atoms with van der Waals surface area (Å²) in [6.45, 7) is 5.76. The minimum atomic E-state index is -3.34. The van der Waals surface area contributed by atoms with Crippen LogP contribution in [0.3, 0.4) is 0 Å². The van der Waals surface area contributed by atoms with E-state index in [9.17, 15) is 13.2 Å². The molecule has 0 unspecified atom stereocenters. The average molecular weight is 346 g/mol. The largest absolute Gasteiger partial charge is 0.383 e. The number of nitrogens with one attached hydrogen (secondary N) is 2. The normalized spacial score (nSPS) is 11.4. The zero-order chi connectivity index (χ0) is 17.9. The lowest BCUT2D eigenvalue weighted by Crippen LogP contribution is -2.14. The smallest absolute Gasteiger partial charge is 0.255 e. The number of anilines is 2. The second-order valence-corrected chi connectivity index (χ2v) is 8.07. The Bertz CT molecular complexity index is 858. The first-order valence-corrected chi connectivity index (χ1v) is 9.54. The van der Waals surface area contributed by atoms with Crippen LogP contribution in [0.2, 0.25) is 0 Å². The third-order valence-electron chi connectivity index (χ3n) is 3.43. The Morgan fingerprint density at radius 2 is 1.75 bits per heavy atom. The highest BCUT2D eigenvalue weighted by molar-refractivity contribution is 7.90. The van der Waals surface area contributed by atoms with Crippen molar-refractivity contribution < 1.29 is 13.2 Å². The Morgan fingerprint density at radius 1 is 1.04 bits per heavy atom. The van der Waals surface area contributed by atoms with Gasteiger partial charge in [-0.3, -0.25) is 4.79 Å². The molecule has 2 N–H and O–H groups in total. The van der Waals surface area contributed by atoms with Gasteiger partial charge in [-0.15, -0.1) is 0 Å². The van der Waals surface area contributed by atoms with Gasteiger partial charge in [0.15, 0.2) is 9.84 Å². The molecule has 0 saturated heterocycles. The van der Waals surface area contributed by atoms with E-state index in [1.54, 1.807) is 37.3 Å². The van der Waals surface area contributed by atoms with E-state index >= 15 is 0 Å². The Balaban J connectivity index is 2.24. The van der Waals surface area contributed by atoms with Gasteiger partial charge in [-0.2, -0.15) is 0 Å². The van der Waals surface area contributed by atoms with Crippen molar-refractivity contribution in [1.82, 2.24) is 0 Å². The van der Waals surface area contributed by atoms with Crippen molar-refractivity contribution in [3.8, 4) is 0 Å². The third kappa shape index (κ3) is 4.58. The molecule has 1 amide bonds. The number of rotatable bonds is 5. The second kappa shape index (κ2) is 7.05. The van der Waals surface area contributed by atoms with Crippen LogP contribution in [0.25, 0.3) is 0 Å². The van der Waals surface area contributed by atoms with E-state index in [1.807, 2.05) is 19.9 Å². The summed E-state index contributed by atoms with van der Waals surface area (Å²) in [5, 5.41) is 5.99. The molecular weight excluding hydrogens is 324 g/mol. The van der Waals surface area contributed by atoms with Crippen LogP contribution in [0, 0.1) is 6.92 Å². The van der Waals surface area contributed by atoms with Crippen LogP contribution in [-0.4, -0.2) is 26.6 Å². The molecule has 0 heterocycles. The van der Waals surface area contributed by atoms with Crippen LogP contribution in [0.4, 0.5) is 11.4 Å². The van der Waals surface area contributed by atoms with E-state index in [4.69, 9.17) is 0 Å². The van der Waals surface area contributed by atoms with E-state index in [2.05, 4.69) is 10.6 Å². The van der Waals surface area contributed by atoms with Gasteiger partial charge in [0.2, 0.25) is 0 Å². The number of benzene rings is 2. The van der Waals surface area contributed by atoms with Crippen molar-refractivity contribution in [1.29, 1.82) is 0 Å². The fraction of sp³-hybridized carbons (Fsp3) is 0.278. The molecule has 2 aromatic rings. The number of amides is 1. The first kappa shape index (κ1) is 18.0.